The highest BCUT2D eigenvalue weighted by molar-refractivity contribution is 7.00. The number of nitriles is 1. The average Bonchev–Trinajstić information content (AvgIpc) is 1.45. The Morgan fingerprint density at radius 3 is 1.32 bits per heavy atom. The molecule has 18 aromatic rings. The lowest BCUT2D eigenvalue weighted by Gasteiger charge is -2.45. The molecule has 4 aliphatic rings. The van der Waals surface area contributed by atoms with Crippen LogP contribution in [0, 0.1) is 11.3 Å². The molecular weight excluding hydrogens is 1260 g/mol. The van der Waals surface area contributed by atoms with Crippen molar-refractivity contribution < 1.29 is 27.4 Å². The van der Waals surface area contributed by atoms with Gasteiger partial charge in [-0.2, -0.15) is 5.26 Å². The second-order valence-corrected chi connectivity index (χ2v) is 26.5. The molecule has 1 spiro atoms. The van der Waals surface area contributed by atoms with Crippen LogP contribution in [0.2, 0.25) is 0 Å². The van der Waals surface area contributed by atoms with E-state index in [0.29, 0.717) is 56.1 Å². The second kappa shape index (κ2) is 22.4. The quantitative estimate of drug-likeness (QED) is 0.142. The second-order valence-electron chi connectivity index (χ2n) is 26.5. The molecule has 0 fully saturated rings. The van der Waals surface area contributed by atoms with E-state index in [9.17, 15) is 24.5 Å². The summed E-state index contributed by atoms with van der Waals surface area (Å²) in [5.74, 6) is 0. The molecule has 0 saturated heterocycles. The SMILES string of the molecule is [2H]c1c([2H])c([2H])c(-c2ccc(N3c4cc(-n5c6c([2H])c([2H])c([2H])c([2H])c6c6c([2H])c(C#N)c([2H])c([2H])c65)ccc4B4c5ccc(-n6c7c([2H])c([2H])c([2H])c([2H])c7c7c([2H])c([2H])c([2H])c([2H])c76)cc5N(c5c(-c6ccccc6)cccc5-c5ccccc5)c5cc(-c6cccc7c6C6(c8ccccc8-c8ccccc86)c6ccccc6-7)cc3c54)cc2)c([2H])c1[2H]. The molecule has 0 bridgehead atoms. The van der Waals surface area contributed by atoms with Crippen molar-refractivity contribution in [1.29, 1.82) is 5.26 Å². The third-order valence-corrected chi connectivity index (χ3v) is 21.5. The van der Waals surface area contributed by atoms with Crippen molar-refractivity contribution >= 4 is 101 Å². The summed E-state index contributed by atoms with van der Waals surface area (Å²) in [5.41, 5.74) is 16.8. The Morgan fingerprint density at radius 2 is 0.760 bits per heavy atom. The minimum Gasteiger partial charge on any atom is -0.311 e. The first-order valence-corrected chi connectivity index (χ1v) is 34.3. The molecule has 5 nitrogen and oxygen atoms in total. The minimum absolute atomic E-state index is 0.0509. The maximum absolute atomic E-state index is 10.7. The molecule has 0 radical (unpaired) electrons. The van der Waals surface area contributed by atoms with Gasteiger partial charge in [-0.05, 0) is 179 Å². The number of nitrogens with zero attached hydrogens (tertiary/aromatic N) is 5. The number of benzene rings is 16. The van der Waals surface area contributed by atoms with Crippen molar-refractivity contribution in [2.24, 2.45) is 0 Å². The van der Waals surface area contributed by atoms with Gasteiger partial charge in [-0.25, -0.2) is 0 Å². The van der Waals surface area contributed by atoms with Gasteiger partial charge < -0.3 is 18.9 Å². The lowest BCUT2D eigenvalue weighted by Crippen LogP contribution is -2.61. The molecule has 2 aromatic heterocycles. The first-order chi connectivity index (χ1) is 59.9. The molecule has 0 atom stereocenters. The predicted octanol–water partition coefficient (Wildman–Crippen LogP) is 22.8. The van der Waals surface area contributed by atoms with Gasteiger partial charge in [0.2, 0.25) is 0 Å². The number of fused-ring (bicyclic) bond motifs is 20. The lowest BCUT2D eigenvalue weighted by atomic mass is 9.33. The summed E-state index contributed by atoms with van der Waals surface area (Å²) in [6.45, 7) is -0.896. The summed E-state index contributed by atoms with van der Waals surface area (Å²) in [4.78, 5) is 4.31. The lowest BCUT2D eigenvalue weighted by molar-refractivity contribution is 0.796. The minimum atomic E-state index is -0.958. The van der Waals surface area contributed by atoms with Crippen LogP contribution >= 0.6 is 0 Å². The summed E-state index contributed by atoms with van der Waals surface area (Å²) in [6, 6.07) is 71.5. The third kappa shape index (κ3) is 8.15. The van der Waals surface area contributed by atoms with Crippen LogP contribution in [-0.2, 0) is 5.41 Å². The number of hydrogen-bond donors (Lipinski definition) is 0. The molecule has 104 heavy (non-hydrogen) atoms. The van der Waals surface area contributed by atoms with E-state index in [0.717, 1.165) is 72.3 Å². The summed E-state index contributed by atoms with van der Waals surface area (Å²) in [6.07, 6.45) is 0. The highest BCUT2D eigenvalue weighted by atomic mass is 15.2. The molecule has 0 N–H and O–H groups in total. The molecule has 16 aromatic carbocycles. The molecule has 2 aliphatic heterocycles. The summed E-state index contributed by atoms with van der Waals surface area (Å²) in [7, 11) is 0. The van der Waals surface area contributed by atoms with E-state index in [1.807, 2.05) is 97.1 Å². The topological polar surface area (TPSA) is 40.1 Å². The average molecular weight is 1340 g/mol. The van der Waals surface area contributed by atoms with Crippen molar-refractivity contribution in [3.63, 3.8) is 0 Å². The van der Waals surface area contributed by atoms with E-state index in [2.05, 4.69) is 125 Å². The molecule has 0 amide bonds. The first-order valence-electron chi connectivity index (χ1n) is 44.3. The van der Waals surface area contributed by atoms with Gasteiger partial charge in [-0.1, -0.05) is 279 Å². The van der Waals surface area contributed by atoms with E-state index in [-0.39, 0.29) is 66.1 Å². The maximum atomic E-state index is 10.7. The van der Waals surface area contributed by atoms with Crippen molar-refractivity contribution in [2.75, 3.05) is 9.80 Å². The third-order valence-electron chi connectivity index (χ3n) is 21.5. The van der Waals surface area contributed by atoms with Crippen LogP contribution in [0.25, 0.3) is 122 Å². The number of hydrogen-bond acceptors (Lipinski definition) is 3. The number of rotatable bonds is 8. The Bertz CT molecular complexity index is 7750. The molecule has 4 heterocycles. The van der Waals surface area contributed by atoms with E-state index < -0.39 is 139 Å². The van der Waals surface area contributed by atoms with E-state index in [1.165, 1.54) is 9.13 Å². The fourth-order valence-electron chi connectivity index (χ4n) is 17.5. The summed E-state index contributed by atoms with van der Waals surface area (Å²) >= 11 is 0. The standard InChI is InChI=1S/C98H60BN5/c100-61-62-46-55-90-81(56-62)79-35-15-21-45-89(79)103(90)69-51-53-85-91(59-69)101(68-49-47-64(48-50-68)63-24-4-1-5-25-63)93-57-67(71-36-22-39-80-76-32-12-18-42-84(76)98(95(71)80)82-40-16-10-30-74(82)75-31-11-17-41-83(75)98)58-94-96(93)99(85)86-54-52-70(102-87-43-19-13-33-77(87)78-34-14-20-44-88(78)102)60-92(86)104(94)97-72(65-26-6-2-7-27-65)37-23-38-73(97)66-28-8-3-9-29-66/h1-60H/i1D,4D,5D,13D,14D,15D,19D,20D,21D,24D,25D,33D,34D,35D,43D,44D,45D,46D,55D,56D. The number of para-hydroxylation sites is 4. The highest BCUT2D eigenvalue weighted by Gasteiger charge is 2.53. The Labute approximate surface area is 630 Å². The summed E-state index contributed by atoms with van der Waals surface area (Å²) in [5, 5.41) is 10.1. The van der Waals surface area contributed by atoms with Gasteiger partial charge in [0.05, 0.1) is 72.2 Å². The van der Waals surface area contributed by atoms with Gasteiger partial charge in [0, 0.05) is 72.5 Å². The van der Waals surface area contributed by atoms with Crippen LogP contribution in [0.15, 0.2) is 364 Å². The molecule has 480 valence electrons. The Kier molecular flexibility index (Phi) is 8.99. The van der Waals surface area contributed by atoms with Crippen LogP contribution in [0.4, 0.5) is 34.1 Å². The predicted molar refractivity (Wildman–Crippen MR) is 432 cm³/mol. The Morgan fingerprint density at radius 1 is 0.317 bits per heavy atom. The Balaban J connectivity index is 0.940. The van der Waals surface area contributed by atoms with Crippen LogP contribution in [0.3, 0.4) is 0 Å². The number of aromatic nitrogens is 2. The molecule has 0 saturated carbocycles. The molecule has 22 rings (SSSR count). The fourth-order valence-corrected chi connectivity index (χ4v) is 17.5. The van der Waals surface area contributed by atoms with Gasteiger partial charge in [0.1, 0.15) is 0 Å². The zero-order valence-corrected chi connectivity index (χ0v) is 54.9. The van der Waals surface area contributed by atoms with E-state index in [4.69, 9.17) is 8.22 Å². The van der Waals surface area contributed by atoms with Crippen molar-refractivity contribution in [1.82, 2.24) is 9.13 Å². The monoisotopic (exact) mass is 1340 g/mol. The zero-order chi connectivity index (χ0) is 85.7. The van der Waals surface area contributed by atoms with Crippen molar-refractivity contribution in [2.45, 2.75) is 5.41 Å². The van der Waals surface area contributed by atoms with Crippen LogP contribution in [0.1, 0.15) is 55.2 Å². The maximum Gasteiger partial charge on any atom is 0.252 e. The van der Waals surface area contributed by atoms with Gasteiger partial charge in [-0.15, -0.1) is 0 Å². The fraction of sp³-hybridized carbons (Fsp3) is 0.0102. The largest absolute Gasteiger partial charge is 0.311 e. The van der Waals surface area contributed by atoms with Gasteiger partial charge in [0.15, 0.2) is 0 Å². The molecular formula is C98H60BN5. The first kappa shape index (κ1) is 41.8. The van der Waals surface area contributed by atoms with Crippen molar-refractivity contribution in [3.8, 4) is 84.2 Å². The van der Waals surface area contributed by atoms with Crippen LogP contribution in [0.5, 0.6) is 0 Å². The zero-order valence-electron chi connectivity index (χ0n) is 74.9. The van der Waals surface area contributed by atoms with Gasteiger partial charge in [-0.3, -0.25) is 0 Å². The molecule has 6 heteroatoms. The highest BCUT2D eigenvalue weighted by Crippen LogP contribution is 2.65. The summed E-state index contributed by atoms with van der Waals surface area (Å²) < 4.78 is 191. The van der Waals surface area contributed by atoms with Crippen LogP contribution < -0.4 is 26.2 Å². The van der Waals surface area contributed by atoms with E-state index >= 15 is 0 Å². The normalized spacial score (nSPS) is 15.9. The number of anilines is 6. The van der Waals surface area contributed by atoms with Gasteiger partial charge >= 0.3 is 0 Å². The molecule has 2 aliphatic carbocycles. The smallest absolute Gasteiger partial charge is 0.252 e. The van der Waals surface area contributed by atoms with Gasteiger partial charge in [0.25, 0.3) is 6.71 Å². The van der Waals surface area contributed by atoms with Crippen molar-refractivity contribution in [3.05, 3.63) is 391 Å². The molecule has 0 unspecified atom stereocenters. The van der Waals surface area contributed by atoms with Crippen LogP contribution in [-0.4, -0.2) is 15.8 Å². The Hall–Kier alpha value is -13.7. The van der Waals surface area contributed by atoms with E-state index in [1.54, 1.807) is 36.4 Å².